The average Bonchev–Trinajstić information content (AvgIpc) is 2.53. The normalized spacial score (nSPS) is 25.3. The van der Waals surface area contributed by atoms with Crippen LogP contribution in [0, 0.1) is 11.3 Å². The van der Waals surface area contributed by atoms with Gasteiger partial charge < -0.3 is 4.90 Å². The lowest BCUT2D eigenvalue weighted by molar-refractivity contribution is -0.130. The molecule has 1 amide bonds. The molecular formula is C15H30N2O. The number of hydrogen-bond acceptors (Lipinski definition) is 2. The molecule has 0 radical (unpaired) electrons. The van der Waals surface area contributed by atoms with Crippen LogP contribution in [-0.4, -0.2) is 29.6 Å². The Bertz CT molecular complexity index is 281. The molecule has 1 heterocycles. The standard InChI is InChI=1S/C15H30N2O/c1-7-8-12-14(18)17(10-9-15(4,5)6)13(16-12)11(2)3/h11-13,16H,7-10H2,1-6H3. The molecule has 0 aliphatic carbocycles. The predicted molar refractivity (Wildman–Crippen MR) is 76.2 cm³/mol. The summed E-state index contributed by atoms with van der Waals surface area (Å²) in [6.07, 6.45) is 3.29. The fourth-order valence-corrected chi connectivity index (χ4v) is 2.46. The van der Waals surface area contributed by atoms with Gasteiger partial charge in [0.15, 0.2) is 0 Å². The molecule has 0 bridgehead atoms. The summed E-state index contributed by atoms with van der Waals surface area (Å²) < 4.78 is 0. The van der Waals surface area contributed by atoms with Crippen molar-refractivity contribution in [2.75, 3.05) is 6.54 Å². The summed E-state index contributed by atoms with van der Waals surface area (Å²) in [4.78, 5) is 14.5. The van der Waals surface area contributed by atoms with Gasteiger partial charge in [0.2, 0.25) is 5.91 Å². The molecule has 106 valence electrons. The van der Waals surface area contributed by atoms with E-state index in [0.29, 0.717) is 11.8 Å². The number of amides is 1. The summed E-state index contributed by atoms with van der Waals surface area (Å²) in [6, 6.07) is 0.0439. The Kier molecular flexibility index (Phi) is 5.20. The van der Waals surface area contributed by atoms with Crippen LogP contribution in [0.4, 0.5) is 0 Å². The van der Waals surface area contributed by atoms with Crippen LogP contribution in [0.5, 0.6) is 0 Å². The van der Waals surface area contributed by atoms with Gasteiger partial charge in [-0.25, -0.2) is 0 Å². The van der Waals surface area contributed by atoms with E-state index >= 15 is 0 Å². The molecule has 2 atom stereocenters. The van der Waals surface area contributed by atoms with Crippen molar-refractivity contribution in [1.29, 1.82) is 0 Å². The maximum Gasteiger partial charge on any atom is 0.241 e. The SMILES string of the molecule is CCCC1NC(C(C)C)N(CCC(C)(C)C)C1=O. The van der Waals surface area contributed by atoms with E-state index in [0.717, 1.165) is 25.8 Å². The van der Waals surface area contributed by atoms with E-state index in [-0.39, 0.29) is 17.6 Å². The minimum absolute atomic E-state index is 0.0439. The van der Waals surface area contributed by atoms with Crippen LogP contribution < -0.4 is 5.32 Å². The van der Waals surface area contributed by atoms with Crippen molar-refractivity contribution in [2.24, 2.45) is 11.3 Å². The molecule has 0 aromatic carbocycles. The van der Waals surface area contributed by atoms with Crippen molar-refractivity contribution in [2.45, 2.75) is 73.0 Å². The molecule has 3 heteroatoms. The van der Waals surface area contributed by atoms with Crippen LogP contribution in [0.25, 0.3) is 0 Å². The first-order valence-corrected chi connectivity index (χ1v) is 7.33. The lowest BCUT2D eigenvalue weighted by atomic mass is 9.92. The van der Waals surface area contributed by atoms with E-state index in [1.807, 2.05) is 0 Å². The Morgan fingerprint density at radius 3 is 2.39 bits per heavy atom. The maximum atomic E-state index is 12.4. The number of rotatable bonds is 5. The first-order chi connectivity index (χ1) is 8.26. The van der Waals surface area contributed by atoms with Crippen LogP contribution in [0.1, 0.15) is 60.8 Å². The predicted octanol–water partition coefficient (Wildman–Crippen LogP) is 3.01. The molecule has 1 fully saturated rings. The van der Waals surface area contributed by atoms with Gasteiger partial charge in [-0.2, -0.15) is 0 Å². The van der Waals surface area contributed by atoms with Crippen molar-refractivity contribution < 1.29 is 4.79 Å². The minimum Gasteiger partial charge on any atom is -0.326 e. The first-order valence-electron chi connectivity index (χ1n) is 7.33. The van der Waals surface area contributed by atoms with Crippen LogP contribution in [0.2, 0.25) is 0 Å². The molecule has 1 aliphatic rings. The van der Waals surface area contributed by atoms with Crippen LogP contribution in [0.15, 0.2) is 0 Å². The minimum atomic E-state index is 0.0439. The smallest absolute Gasteiger partial charge is 0.241 e. The third-order valence-electron chi connectivity index (χ3n) is 3.60. The number of nitrogens with one attached hydrogen (secondary N) is 1. The zero-order chi connectivity index (χ0) is 13.9. The van der Waals surface area contributed by atoms with Crippen LogP contribution in [0.3, 0.4) is 0 Å². The van der Waals surface area contributed by atoms with E-state index in [4.69, 9.17) is 0 Å². The topological polar surface area (TPSA) is 32.3 Å². The Morgan fingerprint density at radius 2 is 1.94 bits per heavy atom. The van der Waals surface area contributed by atoms with E-state index in [9.17, 15) is 4.79 Å². The molecule has 3 nitrogen and oxygen atoms in total. The van der Waals surface area contributed by atoms with E-state index in [2.05, 4.69) is 51.8 Å². The monoisotopic (exact) mass is 254 g/mol. The summed E-state index contributed by atoms with van der Waals surface area (Å²) in [5.74, 6) is 0.774. The molecule has 1 N–H and O–H groups in total. The third-order valence-corrected chi connectivity index (χ3v) is 3.60. The van der Waals surface area contributed by atoms with E-state index in [1.165, 1.54) is 0 Å². The Labute approximate surface area is 112 Å². The van der Waals surface area contributed by atoms with Crippen molar-refractivity contribution in [3.05, 3.63) is 0 Å². The largest absolute Gasteiger partial charge is 0.326 e. The number of hydrogen-bond donors (Lipinski definition) is 1. The second kappa shape index (κ2) is 6.05. The summed E-state index contributed by atoms with van der Waals surface area (Å²) >= 11 is 0. The van der Waals surface area contributed by atoms with Gasteiger partial charge in [0.1, 0.15) is 0 Å². The van der Waals surface area contributed by atoms with E-state index < -0.39 is 0 Å². The highest BCUT2D eigenvalue weighted by molar-refractivity contribution is 5.84. The molecule has 0 saturated carbocycles. The Hall–Kier alpha value is -0.570. The van der Waals surface area contributed by atoms with E-state index in [1.54, 1.807) is 0 Å². The molecule has 0 aromatic heterocycles. The zero-order valence-corrected chi connectivity index (χ0v) is 12.9. The fourth-order valence-electron chi connectivity index (χ4n) is 2.46. The lowest BCUT2D eigenvalue weighted by Gasteiger charge is -2.30. The maximum absolute atomic E-state index is 12.4. The average molecular weight is 254 g/mol. The first kappa shape index (κ1) is 15.5. The van der Waals surface area contributed by atoms with Crippen LogP contribution in [-0.2, 0) is 4.79 Å². The highest BCUT2D eigenvalue weighted by Crippen LogP contribution is 2.24. The van der Waals surface area contributed by atoms with Gasteiger partial charge in [-0.05, 0) is 24.2 Å². The molecule has 2 unspecified atom stereocenters. The molecule has 1 aliphatic heterocycles. The summed E-state index contributed by atoms with van der Waals surface area (Å²) in [6.45, 7) is 14.1. The van der Waals surface area contributed by atoms with Gasteiger partial charge in [0.25, 0.3) is 0 Å². The van der Waals surface area contributed by atoms with Gasteiger partial charge in [0, 0.05) is 6.54 Å². The molecule has 0 aromatic rings. The number of nitrogens with zero attached hydrogens (tertiary/aromatic N) is 1. The van der Waals surface area contributed by atoms with Gasteiger partial charge in [0.05, 0.1) is 12.2 Å². The van der Waals surface area contributed by atoms with Crippen molar-refractivity contribution in [3.8, 4) is 0 Å². The highest BCUT2D eigenvalue weighted by atomic mass is 16.2. The molecule has 18 heavy (non-hydrogen) atoms. The number of carbonyl (C=O) groups excluding carboxylic acids is 1. The second-order valence-corrected chi connectivity index (χ2v) is 7.04. The van der Waals surface area contributed by atoms with Crippen LogP contribution >= 0.6 is 0 Å². The summed E-state index contributed by atoms with van der Waals surface area (Å²) in [5.41, 5.74) is 0.282. The Balaban J connectivity index is 2.69. The summed E-state index contributed by atoms with van der Waals surface area (Å²) in [5, 5.41) is 3.50. The van der Waals surface area contributed by atoms with Gasteiger partial charge in [-0.1, -0.05) is 48.0 Å². The highest BCUT2D eigenvalue weighted by Gasteiger charge is 2.39. The quantitative estimate of drug-likeness (QED) is 0.818. The third kappa shape index (κ3) is 3.98. The van der Waals surface area contributed by atoms with Gasteiger partial charge >= 0.3 is 0 Å². The Morgan fingerprint density at radius 1 is 1.33 bits per heavy atom. The molecule has 0 spiro atoms. The van der Waals surface area contributed by atoms with Gasteiger partial charge in [-0.15, -0.1) is 0 Å². The molecular weight excluding hydrogens is 224 g/mol. The van der Waals surface area contributed by atoms with Crippen molar-refractivity contribution in [3.63, 3.8) is 0 Å². The lowest BCUT2D eigenvalue weighted by Crippen LogP contribution is -2.42. The molecule has 1 saturated heterocycles. The molecule has 1 rings (SSSR count). The summed E-state index contributed by atoms with van der Waals surface area (Å²) in [7, 11) is 0. The van der Waals surface area contributed by atoms with Crippen molar-refractivity contribution in [1.82, 2.24) is 10.2 Å². The second-order valence-electron chi connectivity index (χ2n) is 7.04. The van der Waals surface area contributed by atoms with Crippen molar-refractivity contribution >= 4 is 5.91 Å². The number of carbonyl (C=O) groups is 1. The zero-order valence-electron chi connectivity index (χ0n) is 12.9. The van der Waals surface area contributed by atoms with Gasteiger partial charge in [-0.3, -0.25) is 10.1 Å². The fraction of sp³-hybridized carbons (Fsp3) is 0.933.